The third-order valence-electron chi connectivity index (χ3n) is 4.44. The summed E-state index contributed by atoms with van der Waals surface area (Å²) in [6, 6.07) is 8.78. The van der Waals surface area contributed by atoms with E-state index in [-0.39, 0.29) is 6.09 Å². The number of ether oxygens (including phenoxy) is 1. The van der Waals surface area contributed by atoms with E-state index in [9.17, 15) is 4.79 Å². The van der Waals surface area contributed by atoms with Crippen LogP contribution in [0.2, 0.25) is 0 Å². The second kappa shape index (κ2) is 7.08. The lowest BCUT2D eigenvalue weighted by Gasteiger charge is -2.27. The van der Waals surface area contributed by atoms with Gasteiger partial charge in [-0.25, -0.2) is 4.79 Å². The molecule has 1 aromatic carbocycles. The summed E-state index contributed by atoms with van der Waals surface area (Å²) >= 11 is 0. The van der Waals surface area contributed by atoms with Crippen molar-refractivity contribution in [1.29, 1.82) is 0 Å². The minimum Gasteiger partial charge on any atom is -0.444 e. The van der Waals surface area contributed by atoms with E-state index >= 15 is 0 Å². The van der Waals surface area contributed by atoms with Crippen LogP contribution in [0, 0.1) is 0 Å². The number of carbonyl (C=O) groups excluding carboxylic acids is 1. The van der Waals surface area contributed by atoms with Crippen molar-refractivity contribution in [2.24, 2.45) is 7.05 Å². The van der Waals surface area contributed by atoms with Crippen LogP contribution in [0.1, 0.15) is 39.2 Å². The molecule has 136 valence electrons. The van der Waals surface area contributed by atoms with Gasteiger partial charge >= 0.3 is 6.09 Å². The summed E-state index contributed by atoms with van der Waals surface area (Å²) in [5.41, 5.74) is 2.08. The lowest BCUT2D eigenvalue weighted by Crippen LogP contribution is -2.41. The van der Waals surface area contributed by atoms with Crippen molar-refractivity contribution in [3.05, 3.63) is 36.0 Å². The number of para-hydroxylation sites is 1. The predicted octanol–water partition coefficient (Wildman–Crippen LogP) is 3.67. The van der Waals surface area contributed by atoms with Gasteiger partial charge in [0.15, 0.2) is 0 Å². The summed E-state index contributed by atoms with van der Waals surface area (Å²) in [5.74, 6) is 0. The van der Waals surface area contributed by atoms with Gasteiger partial charge in [0.05, 0.1) is 0 Å². The van der Waals surface area contributed by atoms with Crippen LogP contribution in [0.15, 0.2) is 30.5 Å². The Morgan fingerprint density at radius 2 is 2.04 bits per heavy atom. The Morgan fingerprint density at radius 1 is 1.32 bits per heavy atom. The maximum absolute atomic E-state index is 12.4. The largest absolute Gasteiger partial charge is 0.444 e. The van der Waals surface area contributed by atoms with Gasteiger partial charge in [-0.2, -0.15) is 0 Å². The maximum atomic E-state index is 12.4. The second-order valence-corrected chi connectivity index (χ2v) is 7.86. The fourth-order valence-electron chi connectivity index (χ4n) is 3.12. The fraction of sp³-hybridized carbons (Fsp3) is 0.550. The van der Waals surface area contributed by atoms with Crippen molar-refractivity contribution in [3.63, 3.8) is 0 Å². The van der Waals surface area contributed by atoms with Gasteiger partial charge in [-0.3, -0.25) is 0 Å². The summed E-state index contributed by atoms with van der Waals surface area (Å²) < 4.78 is 7.69. The highest BCUT2D eigenvalue weighted by atomic mass is 16.6. The summed E-state index contributed by atoms with van der Waals surface area (Å²) in [7, 11) is 2.07. The summed E-state index contributed by atoms with van der Waals surface area (Å²) in [5, 5.41) is 4.76. The minimum atomic E-state index is -0.444. The molecule has 1 aliphatic rings. The first-order chi connectivity index (χ1) is 11.8. The molecule has 1 saturated carbocycles. The number of nitrogens with zero attached hydrogens (tertiary/aromatic N) is 2. The van der Waals surface area contributed by atoms with Gasteiger partial charge < -0.3 is 19.5 Å². The Labute approximate surface area is 149 Å². The molecule has 1 aliphatic carbocycles. The average molecular weight is 343 g/mol. The first kappa shape index (κ1) is 17.8. The van der Waals surface area contributed by atoms with Crippen LogP contribution in [0.25, 0.3) is 10.9 Å². The Hall–Kier alpha value is -2.01. The van der Waals surface area contributed by atoms with Crippen LogP contribution in [0.5, 0.6) is 0 Å². The lowest BCUT2D eigenvalue weighted by atomic mass is 10.2. The standard InChI is InChI=1S/C20H29N3O2/c1-20(2,3)25-19(24)23(16-9-10-16)12-11-21-13-15-14-22(4)18-8-6-5-7-17(15)18/h5-8,14,16,21H,9-13H2,1-4H3. The zero-order valence-electron chi connectivity index (χ0n) is 15.7. The van der Waals surface area contributed by atoms with E-state index < -0.39 is 5.60 Å². The van der Waals surface area contributed by atoms with Crippen LogP contribution in [-0.2, 0) is 18.3 Å². The minimum absolute atomic E-state index is 0.193. The molecule has 0 atom stereocenters. The molecule has 5 nitrogen and oxygen atoms in total. The van der Waals surface area contributed by atoms with Gasteiger partial charge in [0, 0.05) is 49.8 Å². The van der Waals surface area contributed by atoms with E-state index in [1.54, 1.807) is 0 Å². The normalized spacial score (nSPS) is 14.7. The number of carbonyl (C=O) groups is 1. The predicted molar refractivity (Wildman–Crippen MR) is 101 cm³/mol. The molecule has 3 rings (SSSR count). The third kappa shape index (κ3) is 4.54. The van der Waals surface area contributed by atoms with E-state index in [2.05, 4.69) is 47.4 Å². The van der Waals surface area contributed by atoms with E-state index in [1.807, 2.05) is 25.7 Å². The molecule has 0 saturated heterocycles. The quantitative estimate of drug-likeness (QED) is 0.814. The van der Waals surface area contributed by atoms with Crippen LogP contribution >= 0.6 is 0 Å². The molecule has 1 N–H and O–H groups in total. The van der Waals surface area contributed by atoms with E-state index in [1.165, 1.54) is 16.5 Å². The topological polar surface area (TPSA) is 46.5 Å². The van der Waals surface area contributed by atoms with Gasteiger partial charge in [-0.05, 0) is 45.2 Å². The van der Waals surface area contributed by atoms with Crippen molar-refractivity contribution in [3.8, 4) is 0 Å². The van der Waals surface area contributed by atoms with Crippen LogP contribution in [0.3, 0.4) is 0 Å². The van der Waals surface area contributed by atoms with Gasteiger partial charge in [0.1, 0.15) is 5.60 Å². The molecular formula is C20H29N3O2. The highest BCUT2D eigenvalue weighted by molar-refractivity contribution is 5.83. The Bertz CT molecular complexity index is 741. The molecule has 0 unspecified atom stereocenters. The number of fused-ring (bicyclic) bond motifs is 1. The maximum Gasteiger partial charge on any atom is 0.410 e. The number of benzene rings is 1. The Balaban J connectivity index is 1.53. The molecular weight excluding hydrogens is 314 g/mol. The summed E-state index contributed by atoms with van der Waals surface area (Å²) in [6.07, 6.45) is 4.15. The molecule has 1 fully saturated rings. The Kier molecular flexibility index (Phi) is 5.04. The molecule has 1 heterocycles. The highest BCUT2D eigenvalue weighted by Crippen LogP contribution is 2.28. The Morgan fingerprint density at radius 3 is 2.72 bits per heavy atom. The summed E-state index contributed by atoms with van der Waals surface area (Å²) in [6.45, 7) is 7.98. The van der Waals surface area contributed by atoms with Gasteiger partial charge in [0.2, 0.25) is 0 Å². The van der Waals surface area contributed by atoms with Crippen LogP contribution in [0.4, 0.5) is 4.79 Å². The summed E-state index contributed by atoms with van der Waals surface area (Å²) in [4.78, 5) is 14.2. The number of nitrogens with one attached hydrogen (secondary N) is 1. The molecule has 2 aromatic rings. The van der Waals surface area contributed by atoms with Crippen LogP contribution < -0.4 is 5.32 Å². The van der Waals surface area contributed by atoms with E-state index in [0.717, 1.165) is 25.9 Å². The SMILES string of the molecule is Cn1cc(CNCCN(C(=O)OC(C)(C)C)C2CC2)c2ccccc21. The van der Waals surface area contributed by atoms with Gasteiger partial charge in [-0.15, -0.1) is 0 Å². The second-order valence-electron chi connectivity index (χ2n) is 7.86. The smallest absolute Gasteiger partial charge is 0.410 e. The van der Waals surface area contributed by atoms with Crippen molar-refractivity contribution in [1.82, 2.24) is 14.8 Å². The molecule has 0 bridgehead atoms. The zero-order valence-corrected chi connectivity index (χ0v) is 15.7. The fourth-order valence-corrected chi connectivity index (χ4v) is 3.12. The van der Waals surface area contributed by atoms with E-state index in [4.69, 9.17) is 4.74 Å². The number of amides is 1. The monoisotopic (exact) mass is 343 g/mol. The number of rotatable bonds is 6. The molecule has 5 heteroatoms. The van der Waals surface area contributed by atoms with Crippen LogP contribution in [-0.4, -0.2) is 40.3 Å². The molecule has 0 spiro atoms. The molecule has 0 aliphatic heterocycles. The first-order valence-corrected chi connectivity index (χ1v) is 9.08. The molecule has 1 amide bonds. The number of aryl methyl sites for hydroxylation is 1. The molecule has 0 radical (unpaired) electrons. The van der Waals surface area contributed by atoms with Crippen molar-refractivity contribution in [2.75, 3.05) is 13.1 Å². The van der Waals surface area contributed by atoms with Gasteiger partial charge in [0.25, 0.3) is 0 Å². The molecule has 1 aromatic heterocycles. The van der Waals surface area contributed by atoms with Gasteiger partial charge in [-0.1, -0.05) is 18.2 Å². The lowest BCUT2D eigenvalue weighted by molar-refractivity contribution is 0.0236. The number of hydrogen-bond donors (Lipinski definition) is 1. The van der Waals surface area contributed by atoms with Crippen molar-refractivity contribution >= 4 is 17.0 Å². The first-order valence-electron chi connectivity index (χ1n) is 9.08. The van der Waals surface area contributed by atoms with Crippen molar-refractivity contribution < 1.29 is 9.53 Å². The number of hydrogen-bond acceptors (Lipinski definition) is 3. The third-order valence-corrected chi connectivity index (χ3v) is 4.44. The number of aromatic nitrogens is 1. The van der Waals surface area contributed by atoms with Crippen molar-refractivity contribution in [2.45, 2.75) is 51.8 Å². The zero-order chi connectivity index (χ0) is 18.0. The average Bonchev–Trinajstić information content (AvgIpc) is 3.31. The molecule has 25 heavy (non-hydrogen) atoms. The van der Waals surface area contributed by atoms with E-state index in [0.29, 0.717) is 12.6 Å². The highest BCUT2D eigenvalue weighted by Gasteiger charge is 2.34.